The van der Waals surface area contributed by atoms with Gasteiger partial charge in [0.1, 0.15) is 0 Å². The number of benzene rings is 1. The molecule has 0 heterocycles. The van der Waals surface area contributed by atoms with Crippen LogP contribution in [-0.4, -0.2) is 36.6 Å². The average molecular weight is 288 g/mol. The predicted molar refractivity (Wildman–Crippen MR) is 76.6 cm³/mol. The summed E-state index contributed by atoms with van der Waals surface area (Å²) in [4.78, 5) is 22.2. The largest absolute Gasteiger partial charge is 0.395 e. The molecule has 4 N–H and O–H groups in total. The lowest BCUT2D eigenvalue weighted by Gasteiger charge is -2.07. The number of rotatable bonds is 6. The van der Waals surface area contributed by atoms with Gasteiger partial charge in [0, 0.05) is 24.8 Å². The first kappa shape index (κ1) is 17.4. The van der Waals surface area contributed by atoms with Crippen LogP contribution in [0.25, 0.3) is 0 Å². The zero-order valence-electron chi connectivity index (χ0n) is 10.6. The Morgan fingerprint density at radius 2 is 1.63 bits per heavy atom. The summed E-state index contributed by atoms with van der Waals surface area (Å²) in [5.74, 6) is -0.323. The van der Waals surface area contributed by atoms with Crippen LogP contribution in [0.2, 0.25) is 0 Å². The second kappa shape index (κ2) is 9.32. The smallest absolute Gasteiger partial charge is 0.238 e. The van der Waals surface area contributed by atoms with Gasteiger partial charge in [0.25, 0.3) is 0 Å². The van der Waals surface area contributed by atoms with Gasteiger partial charge in [-0.15, -0.1) is 12.4 Å². The number of anilines is 2. The molecule has 106 valence electrons. The summed E-state index contributed by atoms with van der Waals surface area (Å²) >= 11 is 0. The highest BCUT2D eigenvalue weighted by atomic mass is 35.5. The Bertz CT molecular complexity index is 409. The van der Waals surface area contributed by atoms with E-state index in [1.165, 1.54) is 6.92 Å². The van der Waals surface area contributed by atoms with Crippen molar-refractivity contribution in [2.75, 3.05) is 30.3 Å². The van der Waals surface area contributed by atoms with Gasteiger partial charge >= 0.3 is 0 Å². The van der Waals surface area contributed by atoms with Gasteiger partial charge in [0.15, 0.2) is 0 Å². The third kappa shape index (κ3) is 7.40. The molecule has 0 aliphatic rings. The van der Waals surface area contributed by atoms with Crippen molar-refractivity contribution in [2.45, 2.75) is 6.92 Å². The van der Waals surface area contributed by atoms with Crippen LogP contribution >= 0.6 is 12.4 Å². The van der Waals surface area contributed by atoms with E-state index in [0.717, 1.165) is 0 Å². The van der Waals surface area contributed by atoms with E-state index in [2.05, 4.69) is 16.0 Å². The van der Waals surface area contributed by atoms with E-state index in [0.29, 0.717) is 17.9 Å². The fourth-order valence-corrected chi connectivity index (χ4v) is 1.33. The first-order chi connectivity index (χ1) is 8.61. The van der Waals surface area contributed by atoms with E-state index in [1.54, 1.807) is 24.3 Å². The van der Waals surface area contributed by atoms with E-state index in [1.807, 2.05) is 0 Å². The van der Waals surface area contributed by atoms with Gasteiger partial charge in [-0.05, 0) is 24.3 Å². The molecule has 6 nitrogen and oxygen atoms in total. The molecule has 1 aromatic rings. The van der Waals surface area contributed by atoms with E-state index < -0.39 is 0 Å². The molecule has 0 bridgehead atoms. The fraction of sp³-hybridized carbons (Fsp3) is 0.333. The van der Waals surface area contributed by atoms with E-state index in [-0.39, 0.29) is 37.4 Å². The number of carbonyl (C=O) groups excluding carboxylic acids is 2. The molecule has 0 radical (unpaired) electrons. The molecule has 0 aliphatic carbocycles. The Balaban J connectivity index is 0.00000324. The lowest BCUT2D eigenvalue weighted by Crippen LogP contribution is -2.29. The number of carbonyl (C=O) groups is 2. The first-order valence-corrected chi connectivity index (χ1v) is 5.61. The van der Waals surface area contributed by atoms with Crippen molar-refractivity contribution in [2.24, 2.45) is 0 Å². The van der Waals surface area contributed by atoms with Crippen LogP contribution in [0.4, 0.5) is 11.4 Å². The number of aliphatic hydroxyl groups is 1. The molecule has 0 atom stereocenters. The van der Waals surface area contributed by atoms with Crippen LogP contribution in [0.15, 0.2) is 24.3 Å². The van der Waals surface area contributed by atoms with Crippen LogP contribution in [0, 0.1) is 0 Å². The Hall–Kier alpha value is -1.63. The zero-order valence-corrected chi connectivity index (χ0v) is 11.4. The topological polar surface area (TPSA) is 90.5 Å². The molecule has 0 saturated carbocycles. The maximum atomic E-state index is 11.4. The summed E-state index contributed by atoms with van der Waals surface area (Å²) in [6, 6.07) is 6.82. The molecule has 19 heavy (non-hydrogen) atoms. The number of nitrogens with one attached hydrogen (secondary N) is 3. The van der Waals surface area contributed by atoms with Crippen molar-refractivity contribution in [1.29, 1.82) is 0 Å². The number of hydrogen-bond acceptors (Lipinski definition) is 4. The van der Waals surface area contributed by atoms with Crippen molar-refractivity contribution < 1.29 is 14.7 Å². The summed E-state index contributed by atoms with van der Waals surface area (Å²) in [7, 11) is 0. The molecule has 2 amide bonds. The molecule has 7 heteroatoms. The van der Waals surface area contributed by atoms with Crippen LogP contribution in [0.3, 0.4) is 0 Å². The number of halogens is 1. The highest BCUT2D eigenvalue weighted by Crippen LogP contribution is 2.13. The van der Waals surface area contributed by atoms with Crippen LogP contribution in [0.5, 0.6) is 0 Å². The zero-order chi connectivity index (χ0) is 13.4. The average Bonchev–Trinajstić information content (AvgIpc) is 2.31. The van der Waals surface area contributed by atoms with Crippen molar-refractivity contribution in [3.63, 3.8) is 0 Å². The Kier molecular flexibility index (Phi) is 8.52. The van der Waals surface area contributed by atoms with Crippen LogP contribution < -0.4 is 16.0 Å². The highest BCUT2D eigenvalue weighted by molar-refractivity contribution is 5.93. The van der Waals surface area contributed by atoms with Gasteiger partial charge < -0.3 is 21.1 Å². The maximum absolute atomic E-state index is 11.4. The van der Waals surface area contributed by atoms with Gasteiger partial charge in [-0.25, -0.2) is 0 Å². The molecule has 0 unspecified atom stereocenters. The van der Waals surface area contributed by atoms with Gasteiger partial charge in [0.05, 0.1) is 13.2 Å². The highest BCUT2D eigenvalue weighted by Gasteiger charge is 2.01. The SMILES string of the molecule is CC(=O)Nc1ccc(NC(=O)CNCCO)cc1.Cl. The Morgan fingerprint density at radius 3 is 2.11 bits per heavy atom. The van der Waals surface area contributed by atoms with Crippen molar-refractivity contribution >= 4 is 35.6 Å². The van der Waals surface area contributed by atoms with Crippen molar-refractivity contribution in [3.8, 4) is 0 Å². The maximum Gasteiger partial charge on any atom is 0.238 e. The van der Waals surface area contributed by atoms with E-state index in [9.17, 15) is 9.59 Å². The van der Waals surface area contributed by atoms with Crippen molar-refractivity contribution in [1.82, 2.24) is 5.32 Å². The summed E-state index contributed by atoms with van der Waals surface area (Å²) in [6.07, 6.45) is 0. The Morgan fingerprint density at radius 1 is 1.11 bits per heavy atom. The number of aliphatic hydroxyl groups excluding tert-OH is 1. The van der Waals surface area contributed by atoms with E-state index >= 15 is 0 Å². The first-order valence-electron chi connectivity index (χ1n) is 5.61. The van der Waals surface area contributed by atoms with Gasteiger partial charge in [-0.3, -0.25) is 9.59 Å². The minimum absolute atomic E-state index is 0. The molecule has 0 aliphatic heterocycles. The molecular formula is C12H18ClN3O3. The third-order valence-corrected chi connectivity index (χ3v) is 2.06. The van der Waals surface area contributed by atoms with Crippen molar-refractivity contribution in [3.05, 3.63) is 24.3 Å². The standard InChI is InChI=1S/C12H17N3O3.ClH/c1-9(17)14-10-2-4-11(5-3-10)15-12(18)8-13-6-7-16;/h2-5,13,16H,6-8H2,1H3,(H,14,17)(H,15,18);1H. The lowest BCUT2D eigenvalue weighted by atomic mass is 10.2. The van der Waals surface area contributed by atoms with Crippen LogP contribution in [-0.2, 0) is 9.59 Å². The fourth-order valence-electron chi connectivity index (χ4n) is 1.33. The molecule has 1 aromatic carbocycles. The van der Waals surface area contributed by atoms with Gasteiger partial charge in [0.2, 0.25) is 11.8 Å². The molecular weight excluding hydrogens is 270 g/mol. The lowest BCUT2D eigenvalue weighted by molar-refractivity contribution is -0.115. The molecule has 1 rings (SSSR count). The molecule has 0 aromatic heterocycles. The summed E-state index contributed by atoms with van der Waals surface area (Å²) in [5, 5.41) is 16.6. The second-order valence-electron chi connectivity index (χ2n) is 3.71. The Labute approximate surface area is 118 Å². The summed E-state index contributed by atoms with van der Waals surface area (Å²) < 4.78 is 0. The minimum Gasteiger partial charge on any atom is -0.395 e. The summed E-state index contributed by atoms with van der Waals surface area (Å²) in [6.45, 7) is 1.96. The van der Waals surface area contributed by atoms with E-state index in [4.69, 9.17) is 5.11 Å². The predicted octanol–water partition coefficient (Wildman–Crippen LogP) is 0.587. The summed E-state index contributed by atoms with van der Waals surface area (Å²) in [5.41, 5.74) is 1.33. The van der Waals surface area contributed by atoms with Gasteiger partial charge in [-0.2, -0.15) is 0 Å². The normalized spacial score (nSPS) is 9.37. The monoisotopic (exact) mass is 287 g/mol. The third-order valence-electron chi connectivity index (χ3n) is 2.06. The molecule has 0 spiro atoms. The molecule has 0 saturated heterocycles. The van der Waals surface area contributed by atoms with Gasteiger partial charge in [-0.1, -0.05) is 0 Å². The number of amides is 2. The number of hydrogen-bond donors (Lipinski definition) is 4. The van der Waals surface area contributed by atoms with Crippen LogP contribution in [0.1, 0.15) is 6.92 Å². The minimum atomic E-state index is -0.185. The second-order valence-corrected chi connectivity index (χ2v) is 3.71. The molecule has 0 fully saturated rings. The quantitative estimate of drug-likeness (QED) is 0.576.